The van der Waals surface area contributed by atoms with Gasteiger partial charge in [-0.2, -0.15) is 4.98 Å². The van der Waals surface area contributed by atoms with Crippen LogP contribution in [-0.4, -0.2) is 9.97 Å². The zero-order valence-corrected chi connectivity index (χ0v) is 18.2. The van der Waals surface area contributed by atoms with Crippen molar-refractivity contribution in [1.29, 1.82) is 0 Å². The Kier molecular flexibility index (Phi) is 6.64. The first kappa shape index (κ1) is 20.7. The van der Waals surface area contributed by atoms with Gasteiger partial charge in [0.25, 0.3) is 0 Å². The van der Waals surface area contributed by atoms with Crippen LogP contribution in [0.2, 0.25) is 0 Å². The number of rotatable bonds is 8. The Bertz CT molecular complexity index is 1140. The zero-order valence-electron chi connectivity index (χ0n) is 16.7. The number of halogens is 1. The molecule has 4 aromatic rings. The molecule has 0 aliphatic carbocycles. The van der Waals surface area contributed by atoms with Gasteiger partial charge in [-0.3, -0.25) is 0 Å². The largest absolute Gasteiger partial charge is 0.473 e. The van der Waals surface area contributed by atoms with E-state index in [4.69, 9.17) is 15.2 Å². The average Bonchev–Trinajstić information content (AvgIpc) is 2.80. The van der Waals surface area contributed by atoms with Crippen LogP contribution in [0, 0.1) is 0 Å². The second kappa shape index (κ2) is 9.95. The summed E-state index contributed by atoms with van der Waals surface area (Å²) >= 11 is 3.37. The smallest absolute Gasteiger partial charge is 0.241 e. The third-order valence-corrected chi connectivity index (χ3v) is 4.85. The number of anilines is 3. The number of hydrogen-bond donors (Lipinski definition) is 2. The predicted octanol–water partition coefficient (Wildman–Crippen LogP) is 5.72. The van der Waals surface area contributed by atoms with Crippen molar-refractivity contribution in [3.05, 3.63) is 101 Å². The van der Waals surface area contributed by atoms with Gasteiger partial charge in [-0.25, -0.2) is 4.98 Å². The predicted molar refractivity (Wildman–Crippen MR) is 125 cm³/mol. The van der Waals surface area contributed by atoms with Crippen molar-refractivity contribution in [3.8, 4) is 11.8 Å². The van der Waals surface area contributed by atoms with Crippen LogP contribution in [0.4, 0.5) is 17.2 Å². The number of nitrogens with one attached hydrogen (secondary N) is 1. The van der Waals surface area contributed by atoms with Crippen LogP contribution in [0.5, 0.6) is 11.8 Å². The van der Waals surface area contributed by atoms with E-state index in [1.54, 1.807) is 18.3 Å². The molecule has 2 aromatic carbocycles. The Balaban J connectivity index is 1.56. The van der Waals surface area contributed by atoms with Crippen LogP contribution >= 0.6 is 15.9 Å². The first-order valence-electron chi connectivity index (χ1n) is 9.70. The van der Waals surface area contributed by atoms with Gasteiger partial charge < -0.3 is 20.5 Å². The fourth-order valence-corrected chi connectivity index (χ4v) is 3.20. The van der Waals surface area contributed by atoms with Crippen molar-refractivity contribution < 1.29 is 9.47 Å². The molecule has 7 heteroatoms. The molecule has 4 rings (SSSR count). The van der Waals surface area contributed by atoms with Gasteiger partial charge in [-0.15, -0.1) is 0 Å². The summed E-state index contributed by atoms with van der Waals surface area (Å²) in [6.45, 7) is 0.786. The molecular formula is C24H21BrN4O2. The van der Waals surface area contributed by atoms with Crippen LogP contribution in [0.25, 0.3) is 0 Å². The van der Waals surface area contributed by atoms with Gasteiger partial charge >= 0.3 is 0 Å². The molecular weight excluding hydrogens is 456 g/mol. The van der Waals surface area contributed by atoms with Crippen molar-refractivity contribution >= 4 is 33.1 Å². The highest BCUT2D eigenvalue weighted by molar-refractivity contribution is 9.10. The lowest BCUT2D eigenvalue weighted by molar-refractivity contribution is 0.269. The minimum absolute atomic E-state index is 0.369. The molecule has 0 saturated carbocycles. The molecule has 0 unspecified atom stereocenters. The van der Waals surface area contributed by atoms with Gasteiger partial charge in [0.05, 0.1) is 5.69 Å². The molecule has 2 heterocycles. The van der Waals surface area contributed by atoms with Gasteiger partial charge in [0.15, 0.2) is 5.82 Å². The molecule has 3 N–H and O–H groups in total. The fourth-order valence-electron chi connectivity index (χ4n) is 2.85. The maximum atomic E-state index is 6.09. The summed E-state index contributed by atoms with van der Waals surface area (Å²) in [6.07, 6.45) is 1.67. The maximum absolute atomic E-state index is 6.09. The van der Waals surface area contributed by atoms with Gasteiger partial charge in [-0.05, 0) is 39.2 Å². The first-order chi connectivity index (χ1) is 15.2. The van der Waals surface area contributed by atoms with Crippen molar-refractivity contribution in [1.82, 2.24) is 9.97 Å². The Hall–Kier alpha value is -3.58. The lowest BCUT2D eigenvalue weighted by atomic mass is 10.2. The highest BCUT2D eigenvalue weighted by atomic mass is 79.9. The van der Waals surface area contributed by atoms with E-state index in [1.165, 1.54) is 0 Å². The van der Waals surface area contributed by atoms with Crippen molar-refractivity contribution in [3.63, 3.8) is 0 Å². The number of hydrogen-bond acceptors (Lipinski definition) is 6. The summed E-state index contributed by atoms with van der Waals surface area (Å²) < 4.78 is 12.7. The molecule has 0 aliphatic heterocycles. The highest BCUT2D eigenvalue weighted by Gasteiger charge is 2.12. The first-order valence-corrected chi connectivity index (χ1v) is 10.5. The number of benzene rings is 2. The molecule has 0 radical (unpaired) electrons. The minimum atomic E-state index is 0.369. The van der Waals surface area contributed by atoms with Crippen molar-refractivity contribution in [2.45, 2.75) is 13.2 Å². The van der Waals surface area contributed by atoms with E-state index in [0.717, 1.165) is 15.6 Å². The summed E-state index contributed by atoms with van der Waals surface area (Å²) in [6, 6.07) is 25.2. The van der Waals surface area contributed by atoms with Gasteiger partial charge in [0.2, 0.25) is 11.8 Å². The Labute approximate surface area is 189 Å². The number of nitrogens with zero attached hydrogens (tertiary/aromatic N) is 2. The zero-order chi connectivity index (χ0) is 21.5. The monoisotopic (exact) mass is 476 g/mol. The van der Waals surface area contributed by atoms with Crippen molar-refractivity contribution in [2.75, 3.05) is 11.1 Å². The van der Waals surface area contributed by atoms with Crippen molar-refractivity contribution in [2.24, 2.45) is 0 Å². The molecule has 0 spiro atoms. The lowest BCUT2D eigenvalue weighted by Gasteiger charge is -2.15. The quantitative estimate of drug-likeness (QED) is 0.338. The molecule has 2 aromatic heterocycles. The van der Waals surface area contributed by atoms with E-state index < -0.39 is 0 Å². The molecule has 31 heavy (non-hydrogen) atoms. The molecule has 0 aliphatic rings. The summed E-state index contributed by atoms with van der Waals surface area (Å²) in [5.74, 6) is 1.39. The molecule has 156 valence electrons. The Morgan fingerprint density at radius 2 is 1.48 bits per heavy atom. The maximum Gasteiger partial charge on any atom is 0.241 e. The SMILES string of the molecule is Nc1cc(Br)cnc1Nc1ccc(OCc2ccccc2)nc1OCc1ccccc1. The molecule has 0 atom stereocenters. The fraction of sp³-hybridized carbons (Fsp3) is 0.0833. The Morgan fingerprint density at radius 1 is 0.839 bits per heavy atom. The average molecular weight is 477 g/mol. The van der Waals surface area contributed by atoms with Crippen LogP contribution in [0.15, 0.2) is 89.5 Å². The number of nitrogens with two attached hydrogens (primary N) is 1. The van der Waals surface area contributed by atoms with E-state index in [-0.39, 0.29) is 0 Å². The van der Waals surface area contributed by atoms with Crippen LogP contribution in [0.1, 0.15) is 11.1 Å². The van der Waals surface area contributed by atoms with Gasteiger partial charge in [0.1, 0.15) is 18.9 Å². The lowest BCUT2D eigenvalue weighted by Crippen LogP contribution is -2.05. The number of ether oxygens (including phenoxy) is 2. The van der Waals surface area contributed by atoms with E-state index in [1.807, 2.05) is 66.7 Å². The van der Waals surface area contributed by atoms with E-state index >= 15 is 0 Å². The molecule has 6 nitrogen and oxygen atoms in total. The number of nitrogen functional groups attached to an aromatic ring is 1. The molecule has 0 bridgehead atoms. The third-order valence-electron chi connectivity index (χ3n) is 4.42. The number of pyridine rings is 2. The third kappa shape index (κ3) is 5.73. The molecule has 0 fully saturated rings. The van der Waals surface area contributed by atoms with Crippen LogP contribution in [0.3, 0.4) is 0 Å². The van der Waals surface area contributed by atoms with Gasteiger partial charge in [-0.1, -0.05) is 60.7 Å². The number of aromatic nitrogens is 2. The van der Waals surface area contributed by atoms with E-state index in [0.29, 0.717) is 42.2 Å². The topological polar surface area (TPSA) is 82.3 Å². The summed E-state index contributed by atoms with van der Waals surface area (Å²) in [5, 5.41) is 3.21. The highest BCUT2D eigenvalue weighted by Crippen LogP contribution is 2.31. The standard InChI is InChI=1S/C24H21BrN4O2/c25-19-13-20(26)23(27-14-19)28-21-11-12-22(30-15-17-7-3-1-4-8-17)29-24(21)31-16-18-9-5-2-6-10-18/h1-14H,15-16,26H2,(H,27,28). The second-order valence-corrected chi connectivity index (χ2v) is 7.68. The minimum Gasteiger partial charge on any atom is -0.473 e. The summed E-state index contributed by atoms with van der Waals surface area (Å²) in [7, 11) is 0. The van der Waals surface area contributed by atoms with Gasteiger partial charge in [0, 0.05) is 16.7 Å². The normalized spacial score (nSPS) is 10.5. The summed E-state index contributed by atoms with van der Waals surface area (Å²) in [4.78, 5) is 8.89. The molecule has 0 saturated heterocycles. The van der Waals surface area contributed by atoms with Crippen LogP contribution < -0.4 is 20.5 Å². The second-order valence-electron chi connectivity index (χ2n) is 6.77. The Morgan fingerprint density at radius 3 is 2.13 bits per heavy atom. The molecule has 0 amide bonds. The van der Waals surface area contributed by atoms with Crippen LogP contribution in [-0.2, 0) is 13.2 Å². The van der Waals surface area contributed by atoms with E-state index in [2.05, 4.69) is 31.2 Å². The summed E-state index contributed by atoms with van der Waals surface area (Å²) in [5.41, 5.74) is 9.33. The van der Waals surface area contributed by atoms with E-state index in [9.17, 15) is 0 Å².